The average molecular weight is 319 g/mol. The molecule has 22 heavy (non-hydrogen) atoms. The summed E-state index contributed by atoms with van der Waals surface area (Å²) in [6.45, 7) is 1.42. The van der Waals surface area contributed by atoms with E-state index in [0.717, 1.165) is 16.3 Å². The number of halogens is 1. The van der Waals surface area contributed by atoms with Crippen molar-refractivity contribution in [3.05, 3.63) is 65.2 Å². The minimum atomic E-state index is -0.205. The molecule has 0 bridgehead atoms. The normalized spacial score (nSPS) is 10.0. The first kappa shape index (κ1) is 16.2. The van der Waals surface area contributed by atoms with Gasteiger partial charge >= 0.3 is 6.03 Å². The summed E-state index contributed by atoms with van der Waals surface area (Å²) in [6, 6.07) is 16.9. The molecule has 0 aliphatic rings. The molecule has 4 nitrogen and oxygen atoms in total. The molecule has 0 atom stereocenters. The van der Waals surface area contributed by atoms with Crippen molar-refractivity contribution in [3.63, 3.8) is 0 Å². The predicted molar refractivity (Wildman–Crippen MR) is 88.5 cm³/mol. The van der Waals surface area contributed by atoms with Crippen LogP contribution in [0, 0.1) is 0 Å². The minimum absolute atomic E-state index is 0.205. The molecule has 0 aliphatic heterocycles. The van der Waals surface area contributed by atoms with E-state index in [4.69, 9.17) is 16.3 Å². The number of nitrogens with one attached hydrogen (secondary N) is 2. The van der Waals surface area contributed by atoms with Gasteiger partial charge in [-0.15, -0.1) is 0 Å². The zero-order valence-corrected chi connectivity index (χ0v) is 13.0. The molecule has 0 unspecified atom stereocenters. The summed E-state index contributed by atoms with van der Waals surface area (Å²) < 4.78 is 5.49. The van der Waals surface area contributed by atoms with E-state index < -0.39 is 0 Å². The molecule has 0 fully saturated rings. The second-order valence-electron chi connectivity index (χ2n) is 4.69. The highest BCUT2D eigenvalue weighted by Gasteiger charge is 2.02. The van der Waals surface area contributed by atoms with Crippen molar-refractivity contribution in [3.8, 4) is 5.75 Å². The third kappa shape index (κ3) is 5.66. The number of benzene rings is 2. The van der Waals surface area contributed by atoms with Crippen LogP contribution in [-0.2, 0) is 6.42 Å². The molecular formula is C17H19ClN2O2. The minimum Gasteiger partial charge on any atom is -0.492 e. The fourth-order valence-electron chi connectivity index (χ4n) is 1.92. The maximum absolute atomic E-state index is 11.6. The molecular weight excluding hydrogens is 300 g/mol. The van der Waals surface area contributed by atoms with Crippen LogP contribution in [0.15, 0.2) is 54.6 Å². The van der Waals surface area contributed by atoms with Crippen LogP contribution in [-0.4, -0.2) is 25.7 Å². The van der Waals surface area contributed by atoms with Crippen LogP contribution in [0.4, 0.5) is 4.79 Å². The van der Waals surface area contributed by atoms with Crippen LogP contribution < -0.4 is 15.4 Å². The molecule has 2 N–H and O–H groups in total. The Hall–Kier alpha value is -2.20. The lowest BCUT2D eigenvalue weighted by Crippen LogP contribution is -2.38. The molecule has 2 aromatic rings. The van der Waals surface area contributed by atoms with Crippen molar-refractivity contribution in [1.82, 2.24) is 10.6 Å². The zero-order valence-electron chi connectivity index (χ0n) is 12.2. The summed E-state index contributed by atoms with van der Waals surface area (Å²) in [5.41, 5.74) is 1.02. The summed E-state index contributed by atoms with van der Waals surface area (Å²) in [5, 5.41) is 6.26. The molecule has 0 aromatic heterocycles. The van der Waals surface area contributed by atoms with Crippen LogP contribution in [0.1, 0.15) is 5.56 Å². The van der Waals surface area contributed by atoms with Gasteiger partial charge in [-0.3, -0.25) is 0 Å². The van der Waals surface area contributed by atoms with E-state index in [-0.39, 0.29) is 6.03 Å². The van der Waals surface area contributed by atoms with E-state index in [1.54, 1.807) is 0 Å². The first-order valence-corrected chi connectivity index (χ1v) is 7.56. The highest BCUT2D eigenvalue weighted by molar-refractivity contribution is 6.31. The Balaban J connectivity index is 1.57. The highest BCUT2D eigenvalue weighted by Crippen LogP contribution is 2.14. The molecule has 0 aliphatic carbocycles. The number of hydrogen-bond donors (Lipinski definition) is 2. The van der Waals surface area contributed by atoms with E-state index in [2.05, 4.69) is 10.6 Å². The quantitative estimate of drug-likeness (QED) is 0.770. The largest absolute Gasteiger partial charge is 0.492 e. The third-order valence-corrected chi connectivity index (χ3v) is 3.41. The molecule has 2 rings (SSSR count). The SMILES string of the molecule is O=C(NCCOc1ccccc1)NCCc1ccccc1Cl. The predicted octanol–water partition coefficient (Wildman–Crippen LogP) is 3.26. The van der Waals surface area contributed by atoms with Crippen LogP contribution in [0.25, 0.3) is 0 Å². The topological polar surface area (TPSA) is 50.4 Å². The fourth-order valence-corrected chi connectivity index (χ4v) is 2.15. The average Bonchev–Trinajstić information content (AvgIpc) is 2.54. The Labute approximate surface area is 135 Å². The lowest BCUT2D eigenvalue weighted by molar-refractivity contribution is 0.236. The molecule has 116 valence electrons. The van der Waals surface area contributed by atoms with Crippen molar-refractivity contribution < 1.29 is 9.53 Å². The Bertz CT molecular complexity index is 590. The fraction of sp³-hybridized carbons (Fsp3) is 0.235. The molecule has 2 amide bonds. The van der Waals surface area contributed by atoms with Crippen LogP contribution in [0.3, 0.4) is 0 Å². The van der Waals surface area contributed by atoms with Gasteiger partial charge in [0.05, 0.1) is 6.54 Å². The van der Waals surface area contributed by atoms with E-state index in [9.17, 15) is 4.79 Å². The molecule has 2 aromatic carbocycles. The van der Waals surface area contributed by atoms with Crippen molar-refractivity contribution >= 4 is 17.6 Å². The van der Waals surface area contributed by atoms with Crippen LogP contribution in [0.5, 0.6) is 5.75 Å². The summed E-state index contributed by atoms with van der Waals surface area (Å²) in [7, 11) is 0. The first-order valence-electron chi connectivity index (χ1n) is 7.18. The van der Waals surface area contributed by atoms with Gasteiger partial charge in [0.1, 0.15) is 12.4 Å². The Morgan fingerprint density at radius 3 is 2.41 bits per heavy atom. The van der Waals surface area contributed by atoms with E-state index in [0.29, 0.717) is 26.1 Å². The molecule has 0 spiro atoms. The number of urea groups is 1. The van der Waals surface area contributed by atoms with Gasteiger partial charge in [-0.25, -0.2) is 4.79 Å². The molecule has 0 saturated carbocycles. The summed E-state index contributed by atoms with van der Waals surface area (Å²) in [5.74, 6) is 0.795. The Morgan fingerprint density at radius 1 is 0.955 bits per heavy atom. The van der Waals surface area contributed by atoms with Gasteiger partial charge in [0.15, 0.2) is 0 Å². The second kappa shape index (κ2) is 8.95. The number of carbonyl (C=O) groups is 1. The Morgan fingerprint density at radius 2 is 1.64 bits per heavy atom. The monoisotopic (exact) mass is 318 g/mol. The van der Waals surface area contributed by atoms with Crippen LogP contribution in [0.2, 0.25) is 5.02 Å². The van der Waals surface area contributed by atoms with Gasteiger partial charge in [0.25, 0.3) is 0 Å². The first-order chi connectivity index (χ1) is 10.8. The molecule has 0 saturated heterocycles. The lowest BCUT2D eigenvalue weighted by atomic mass is 10.1. The third-order valence-electron chi connectivity index (χ3n) is 3.04. The van der Waals surface area contributed by atoms with E-state index >= 15 is 0 Å². The zero-order chi connectivity index (χ0) is 15.6. The van der Waals surface area contributed by atoms with Gasteiger partial charge in [-0.2, -0.15) is 0 Å². The Kier molecular flexibility index (Phi) is 6.58. The molecule has 5 heteroatoms. The van der Waals surface area contributed by atoms with Gasteiger partial charge in [-0.1, -0.05) is 48.0 Å². The molecule has 0 radical (unpaired) electrons. The smallest absolute Gasteiger partial charge is 0.314 e. The van der Waals surface area contributed by atoms with Crippen molar-refractivity contribution in [2.45, 2.75) is 6.42 Å². The summed E-state index contributed by atoms with van der Waals surface area (Å²) >= 11 is 6.06. The summed E-state index contributed by atoms with van der Waals surface area (Å²) in [4.78, 5) is 11.6. The maximum Gasteiger partial charge on any atom is 0.314 e. The van der Waals surface area contributed by atoms with Gasteiger partial charge in [-0.05, 0) is 30.2 Å². The van der Waals surface area contributed by atoms with Gasteiger partial charge in [0, 0.05) is 11.6 Å². The molecule has 0 heterocycles. The number of hydrogen-bond acceptors (Lipinski definition) is 2. The van der Waals surface area contributed by atoms with Crippen molar-refractivity contribution in [2.24, 2.45) is 0 Å². The lowest BCUT2D eigenvalue weighted by Gasteiger charge is -2.09. The number of amides is 2. The van der Waals surface area contributed by atoms with Gasteiger partial charge in [0.2, 0.25) is 0 Å². The highest BCUT2D eigenvalue weighted by atomic mass is 35.5. The standard InChI is InChI=1S/C17H19ClN2O2/c18-16-9-5-4-6-14(16)10-11-19-17(21)20-12-13-22-15-7-2-1-3-8-15/h1-9H,10-13H2,(H2,19,20,21). The maximum atomic E-state index is 11.6. The van der Waals surface area contributed by atoms with E-state index in [1.165, 1.54) is 0 Å². The second-order valence-corrected chi connectivity index (χ2v) is 5.09. The van der Waals surface area contributed by atoms with Crippen LogP contribution >= 0.6 is 11.6 Å². The number of ether oxygens (including phenoxy) is 1. The van der Waals surface area contributed by atoms with Gasteiger partial charge < -0.3 is 15.4 Å². The summed E-state index contributed by atoms with van der Waals surface area (Å²) in [6.07, 6.45) is 0.702. The van der Waals surface area contributed by atoms with E-state index in [1.807, 2.05) is 54.6 Å². The number of rotatable bonds is 7. The number of carbonyl (C=O) groups excluding carboxylic acids is 1. The number of para-hydroxylation sites is 1. The van der Waals surface area contributed by atoms with Crippen molar-refractivity contribution in [1.29, 1.82) is 0 Å². The van der Waals surface area contributed by atoms with Crippen molar-refractivity contribution in [2.75, 3.05) is 19.7 Å².